The molecule has 1 aliphatic rings. The highest BCUT2D eigenvalue weighted by molar-refractivity contribution is 5.77. The summed E-state index contributed by atoms with van der Waals surface area (Å²) in [6.45, 7) is 5.64. The molecule has 0 unspecified atom stereocenters. The fraction of sp³-hybridized carbons (Fsp3) is 0.389. The van der Waals surface area contributed by atoms with Crippen LogP contribution >= 0.6 is 0 Å². The standard InChI is InChI=1S/C18H21N5/c1-2-22-11-7-15(8-12-22)23-17(14-5-3-9-19-13-14)21-16-6-4-10-20-18(16)23/h3-6,9-10,13,15H,2,7-8,11-12H2,1H3. The lowest BCUT2D eigenvalue weighted by atomic mass is 10.0. The molecule has 1 saturated heterocycles. The third kappa shape index (κ3) is 2.61. The lowest BCUT2D eigenvalue weighted by Gasteiger charge is -2.32. The van der Waals surface area contributed by atoms with Crippen molar-refractivity contribution < 1.29 is 0 Å². The molecule has 4 heterocycles. The van der Waals surface area contributed by atoms with Gasteiger partial charge in [-0.05, 0) is 43.7 Å². The van der Waals surface area contributed by atoms with Crippen molar-refractivity contribution in [2.24, 2.45) is 0 Å². The van der Waals surface area contributed by atoms with Crippen molar-refractivity contribution >= 4 is 11.2 Å². The number of piperidine rings is 1. The molecule has 0 aliphatic carbocycles. The Morgan fingerprint density at radius 3 is 2.70 bits per heavy atom. The second-order valence-electron chi connectivity index (χ2n) is 6.06. The highest BCUT2D eigenvalue weighted by Gasteiger charge is 2.25. The molecule has 4 rings (SSSR count). The van der Waals surface area contributed by atoms with E-state index in [4.69, 9.17) is 4.98 Å². The van der Waals surface area contributed by atoms with Gasteiger partial charge in [-0.3, -0.25) is 4.98 Å². The summed E-state index contributed by atoms with van der Waals surface area (Å²) in [7, 11) is 0. The normalized spacial score (nSPS) is 16.9. The maximum atomic E-state index is 4.84. The Morgan fingerprint density at radius 1 is 1.13 bits per heavy atom. The summed E-state index contributed by atoms with van der Waals surface area (Å²) in [5, 5.41) is 0. The zero-order chi connectivity index (χ0) is 15.6. The van der Waals surface area contributed by atoms with Crippen molar-refractivity contribution in [1.82, 2.24) is 24.4 Å². The van der Waals surface area contributed by atoms with E-state index in [1.165, 1.54) is 0 Å². The van der Waals surface area contributed by atoms with Gasteiger partial charge >= 0.3 is 0 Å². The average molecular weight is 307 g/mol. The molecular weight excluding hydrogens is 286 g/mol. The van der Waals surface area contributed by atoms with E-state index in [2.05, 4.69) is 32.4 Å². The summed E-state index contributed by atoms with van der Waals surface area (Å²) in [5.41, 5.74) is 3.01. The van der Waals surface area contributed by atoms with E-state index in [0.717, 1.165) is 55.0 Å². The molecule has 0 spiro atoms. The molecule has 23 heavy (non-hydrogen) atoms. The Hall–Kier alpha value is -2.27. The third-order valence-corrected chi connectivity index (χ3v) is 4.74. The van der Waals surface area contributed by atoms with Gasteiger partial charge in [0.2, 0.25) is 0 Å². The first kappa shape index (κ1) is 14.3. The summed E-state index contributed by atoms with van der Waals surface area (Å²) in [4.78, 5) is 16.2. The van der Waals surface area contributed by atoms with Gasteiger partial charge < -0.3 is 9.47 Å². The minimum Gasteiger partial charge on any atom is -0.305 e. The summed E-state index contributed by atoms with van der Waals surface area (Å²) < 4.78 is 2.33. The van der Waals surface area contributed by atoms with Gasteiger partial charge in [0.1, 0.15) is 11.3 Å². The highest BCUT2D eigenvalue weighted by Crippen LogP contribution is 2.32. The van der Waals surface area contributed by atoms with Crippen LogP contribution in [-0.4, -0.2) is 44.1 Å². The number of fused-ring (bicyclic) bond motifs is 1. The first-order valence-corrected chi connectivity index (χ1v) is 8.32. The minimum atomic E-state index is 0.452. The molecule has 0 radical (unpaired) electrons. The van der Waals surface area contributed by atoms with Crippen molar-refractivity contribution in [2.75, 3.05) is 19.6 Å². The summed E-state index contributed by atoms with van der Waals surface area (Å²) in [6, 6.07) is 8.48. The summed E-state index contributed by atoms with van der Waals surface area (Å²) >= 11 is 0. The number of likely N-dealkylation sites (tertiary alicyclic amines) is 1. The Labute approximate surface area is 136 Å². The molecule has 0 N–H and O–H groups in total. The quantitative estimate of drug-likeness (QED) is 0.746. The highest BCUT2D eigenvalue weighted by atomic mass is 15.2. The van der Waals surface area contributed by atoms with E-state index in [-0.39, 0.29) is 0 Å². The summed E-state index contributed by atoms with van der Waals surface area (Å²) in [5.74, 6) is 0.988. The number of hydrogen-bond acceptors (Lipinski definition) is 4. The van der Waals surface area contributed by atoms with Crippen molar-refractivity contribution in [3.8, 4) is 11.4 Å². The fourth-order valence-electron chi connectivity index (χ4n) is 3.47. The van der Waals surface area contributed by atoms with Gasteiger partial charge in [-0.25, -0.2) is 9.97 Å². The number of rotatable bonds is 3. The van der Waals surface area contributed by atoms with Crippen LogP contribution in [-0.2, 0) is 0 Å². The SMILES string of the molecule is CCN1CCC(n2c(-c3cccnc3)nc3cccnc32)CC1. The van der Waals surface area contributed by atoms with Crippen LogP contribution in [0.3, 0.4) is 0 Å². The fourth-order valence-corrected chi connectivity index (χ4v) is 3.47. The molecule has 0 aromatic carbocycles. The number of nitrogens with zero attached hydrogens (tertiary/aromatic N) is 5. The predicted octanol–water partition coefficient (Wildman–Crippen LogP) is 3.15. The topological polar surface area (TPSA) is 46.8 Å². The minimum absolute atomic E-state index is 0.452. The second kappa shape index (κ2) is 6.08. The summed E-state index contributed by atoms with van der Waals surface area (Å²) in [6.07, 6.45) is 7.83. The molecule has 0 bridgehead atoms. The van der Waals surface area contributed by atoms with Crippen LogP contribution in [0.1, 0.15) is 25.8 Å². The molecule has 118 valence electrons. The van der Waals surface area contributed by atoms with Gasteiger partial charge in [-0.1, -0.05) is 6.92 Å². The van der Waals surface area contributed by atoms with Crippen LogP contribution in [0.25, 0.3) is 22.6 Å². The monoisotopic (exact) mass is 307 g/mol. The van der Waals surface area contributed by atoms with Crippen LogP contribution < -0.4 is 0 Å². The lowest BCUT2D eigenvalue weighted by molar-refractivity contribution is 0.197. The average Bonchev–Trinajstić information content (AvgIpc) is 3.02. The molecule has 0 amide bonds. The van der Waals surface area contributed by atoms with Crippen LogP contribution in [0.4, 0.5) is 0 Å². The molecule has 0 saturated carbocycles. The molecule has 1 fully saturated rings. The molecule has 3 aromatic rings. The zero-order valence-corrected chi connectivity index (χ0v) is 13.4. The van der Waals surface area contributed by atoms with Gasteiger partial charge in [0.25, 0.3) is 0 Å². The lowest BCUT2D eigenvalue weighted by Crippen LogP contribution is -2.34. The van der Waals surface area contributed by atoms with Crippen molar-refractivity contribution in [3.05, 3.63) is 42.9 Å². The first-order chi connectivity index (χ1) is 11.4. The third-order valence-electron chi connectivity index (χ3n) is 4.74. The smallest absolute Gasteiger partial charge is 0.160 e. The Morgan fingerprint density at radius 2 is 1.96 bits per heavy atom. The van der Waals surface area contributed by atoms with Crippen molar-refractivity contribution in [2.45, 2.75) is 25.8 Å². The van der Waals surface area contributed by atoms with Crippen molar-refractivity contribution in [3.63, 3.8) is 0 Å². The molecule has 5 nitrogen and oxygen atoms in total. The van der Waals surface area contributed by atoms with Gasteiger partial charge in [-0.2, -0.15) is 0 Å². The van der Waals surface area contributed by atoms with Gasteiger partial charge in [-0.15, -0.1) is 0 Å². The number of aromatic nitrogens is 4. The number of imidazole rings is 1. The Bertz CT molecular complexity index is 788. The largest absolute Gasteiger partial charge is 0.305 e. The number of pyridine rings is 2. The van der Waals surface area contributed by atoms with E-state index < -0.39 is 0 Å². The van der Waals surface area contributed by atoms with Crippen LogP contribution in [0.2, 0.25) is 0 Å². The second-order valence-corrected chi connectivity index (χ2v) is 6.06. The predicted molar refractivity (Wildman–Crippen MR) is 91.1 cm³/mol. The van der Waals surface area contributed by atoms with Gasteiger partial charge in [0.15, 0.2) is 5.65 Å². The Balaban J connectivity index is 1.81. The molecular formula is C18H21N5. The van der Waals surface area contributed by atoms with E-state index in [0.29, 0.717) is 6.04 Å². The van der Waals surface area contributed by atoms with Crippen molar-refractivity contribution in [1.29, 1.82) is 0 Å². The van der Waals surface area contributed by atoms with E-state index in [9.17, 15) is 0 Å². The molecule has 1 aliphatic heterocycles. The van der Waals surface area contributed by atoms with Crippen LogP contribution in [0, 0.1) is 0 Å². The molecule has 3 aromatic heterocycles. The molecule has 5 heteroatoms. The maximum absolute atomic E-state index is 4.84. The molecule has 0 atom stereocenters. The van der Waals surface area contributed by atoms with Crippen LogP contribution in [0.5, 0.6) is 0 Å². The zero-order valence-electron chi connectivity index (χ0n) is 13.4. The van der Waals surface area contributed by atoms with E-state index in [1.807, 2.05) is 30.6 Å². The Kier molecular flexibility index (Phi) is 3.79. The number of hydrogen-bond donors (Lipinski definition) is 0. The van der Waals surface area contributed by atoms with Gasteiger partial charge in [0, 0.05) is 43.3 Å². The van der Waals surface area contributed by atoms with E-state index >= 15 is 0 Å². The first-order valence-electron chi connectivity index (χ1n) is 8.32. The van der Waals surface area contributed by atoms with Crippen LogP contribution in [0.15, 0.2) is 42.9 Å². The van der Waals surface area contributed by atoms with Gasteiger partial charge in [0.05, 0.1) is 0 Å². The van der Waals surface area contributed by atoms with E-state index in [1.54, 1.807) is 6.20 Å². The maximum Gasteiger partial charge on any atom is 0.160 e.